The molecule has 1 unspecified atom stereocenters. The van der Waals surface area contributed by atoms with Crippen LogP contribution >= 0.6 is 0 Å². The molecule has 16 heavy (non-hydrogen) atoms. The standard InChI is InChI=1S/C13H17N3/c1-10-3-5-13(6-4-10)16-8-12(15-9-16)7-11(2)14/h3-6,8-9,11H,7,14H2,1-2H3. The molecule has 84 valence electrons. The summed E-state index contributed by atoms with van der Waals surface area (Å²) in [5, 5.41) is 0. The highest BCUT2D eigenvalue weighted by atomic mass is 15.0. The number of nitrogens with two attached hydrogens (primary N) is 1. The molecular formula is C13H17N3. The maximum absolute atomic E-state index is 5.74. The second kappa shape index (κ2) is 4.49. The fraction of sp³-hybridized carbons (Fsp3) is 0.308. The topological polar surface area (TPSA) is 43.8 Å². The molecule has 1 atom stereocenters. The van der Waals surface area contributed by atoms with E-state index in [-0.39, 0.29) is 6.04 Å². The molecule has 1 aromatic carbocycles. The average Bonchev–Trinajstić information content (AvgIpc) is 2.66. The zero-order valence-electron chi connectivity index (χ0n) is 9.72. The van der Waals surface area contributed by atoms with Crippen molar-refractivity contribution in [2.45, 2.75) is 26.3 Å². The van der Waals surface area contributed by atoms with E-state index in [2.05, 4.69) is 36.2 Å². The molecule has 0 radical (unpaired) electrons. The van der Waals surface area contributed by atoms with Crippen molar-refractivity contribution in [1.29, 1.82) is 0 Å². The zero-order valence-corrected chi connectivity index (χ0v) is 9.72. The molecule has 0 spiro atoms. The smallest absolute Gasteiger partial charge is 0.0995 e. The van der Waals surface area contributed by atoms with E-state index in [9.17, 15) is 0 Å². The number of hydrogen-bond donors (Lipinski definition) is 1. The van der Waals surface area contributed by atoms with Crippen molar-refractivity contribution in [2.75, 3.05) is 0 Å². The van der Waals surface area contributed by atoms with E-state index in [1.807, 2.05) is 24.0 Å². The van der Waals surface area contributed by atoms with E-state index in [0.717, 1.165) is 17.8 Å². The minimum Gasteiger partial charge on any atom is -0.328 e. The van der Waals surface area contributed by atoms with Crippen molar-refractivity contribution < 1.29 is 0 Å². The molecule has 3 nitrogen and oxygen atoms in total. The highest BCUT2D eigenvalue weighted by Crippen LogP contribution is 2.10. The molecular weight excluding hydrogens is 198 g/mol. The Morgan fingerprint density at radius 3 is 2.62 bits per heavy atom. The first kappa shape index (κ1) is 10.9. The van der Waals surface area contributed by atoms with Gasteiger partial charge in [-0.25, -0.2) is 4.98 Å². The lowest BCUT2D eigenvalue weighted by Crippen LogP contribution is -2.17. The van der Waals surface area contributed by atoms with Crippen LogP contribution in [0.3, 0.4) is 0 Å². The Labute approximate surface area is 95.9 Å². The third kappa shape index (κ3) is 2.49. The van der Waals surface area contributed by atoms with Gasteiger partial charge in [0.05, 0.1) is 12.0 Å². The zero-order chi connectivity index (χ0) is 11.5. The van der Waals surface area contributed by atoms with Crippen molar-refractivity contribution in [3.8, 4) is 5.69 Å². The number of rotatable bonds is 3. The van der Waals surface area contributed by atoms with Gasteiger partial charge in [-0.1, -0.05) is 17.7 Å². The van der Waals surface area contributed by atoms with E-state index >= 15 is 0 Å². The van der Waals surface area contributed by atoms with Gasteiger partial charge in [-0.15, -0.1) is 0 Å². The molecule has 0 saturated heterocycles. The van der Waals surface area contributed by atoms with E-state index in [1.165, 1.54) is 5.56 Å². The quantitative estimate of drug-likeness (QED) is 0.851. The van der Waals surface area contributed by atoms with Gasteiger partial charge in [-0.2, -0.15) is 0 Å². The van der Waals surface area contributed by atoms with Gasteiger partial charge in [0.15, 0.2) is 0 Å². The summed E-state index contributed by atoms with van der Waals surface area (Å²) in [6.45, 7) is 4.07. The summed E-state index contributed by atoms with van der Waals surface area (Å²) in [4.78, 5) is 4.34. The van der Waals surface area contributed by atoms with E-state index in [1.54, 1.807) is 0 Å². The van der Waals surface area contributed by atoms with Gasteiger partial charge >= 0.3 is 0 Å². The number of imidazole rings is 1. The van der Waals surface area contributed by atoms with Gasteiger partial charge in [0.1, 0.15) is 0 Å². The number of hydrogen-bond acceptors (Lipinski definition) is 2. The SMILES string of the molecule is Cc1ccc(-n2cnc(CC(C)N)c2)cc1. The van der Waals surface area contributed by atoms with Gasteiger partial charge < -0.3 is 10.3 Å². The fourth-order valence-electron chi connectivity index (χ4n) is 1.66. The summed E-state index contributed by atoms with van der Waals surface area (Å²) in [6, 6.07) is 8.53. The van der Waals surface area contributed by atoms with Gasteiger partial charge in [0, 0.05) is 24.3 Å². The van der Waals surface area contributed by atoms with E-state index in [0.29, 0.717) is 0 Å². The van der Waals surface area contributed by atoms with Gasteiger partial charge in [0.25, 0.3) is 0 Å². The first-order chi connectivity index (χ1) is 7.65. The largest absolute Gasteiger partial charge is 0.328 e. The number of aryl methyl sites for hydroxylation is 1. The van der Waals surface area contributed by atoms with Gasteiger partial charge in [-0.05, 0) is 26.0 Å². The average molecular weight is 215 g/mol. The summed E-state index contributed by atoms with van der Waals surface area (Å²) in [7, 11) is 0. The Balaban J connectivity index is 2.21. The summed E-state index contributed by atoms with van der Waals surface area (Å²) in [5.41, 5.74) is 9.18. The molecule has 1 heterocycles. The molecule has 0 saturated carbocycles. The molecule has 1 aromatic heterocycles. The van der Waals surface area contributed by atoms with Gasteiger partial charge in [-0.3, -0.25) is 0 Å². The lowest BCUT2D eigenvalue weighted by molar-refractivity contribution is 0.725. The summed E-state index contributed by atoms with van der Waals surface area (Å²) in [5.74, 6) is 0. The monoisotopic (exact) mass is 215 g/mol. The van der Waals surface area contributed by atoms with Crippen molar-refractivity contribution in [3.63, 3.8) is 0 Å². The van der Waals surface area contributed by atoms with Crippen LogP contribution in [0.2, 0.25) is 0 Å². The molecule has 0 amide bonds. The van der Waals surface area contributed by atoms with E-state index in [4.69, 9.17) is 5.73 Å². The minimum atomic E-state index is 0.154. The Hall–Kier alpha value is -1.61. The first-order valence-corrected chi connectivity index (χ1v) is 5.50. The summed E-state index contributed by atoms with van der Waals surface area (Å²) >= 11 is 0. The molecule has 2 rings (SSSR count). The van der Waals surface area contributed by atoms with Crippen LogP contribution in [0.5, 0.6) is 0 Å². The van der Waals surface area contributed by atoms with Crippen molar-refractivity contribution >= 4 is 0 Å². The Bertz CT molecular complexity index is 454. The number of benzene rings is 1. The lowest BCUT2D eigenvalue weighted by Gasteiger charge is -2.02. The van der Waals surface area contributed by atoms with Crippen LogP contribution in [-0.2, 0) is 6.42 Å². The molecule has 0 aliphatic heterocycles. The van der Waals surface area contributed by atoms with Crippen molar-refractivity contribution in [3.05, 3.63) is 48.0 Å². The van der Waals surface area contributed by atoms with Crippen LogP contribution < -0.4 is 5.73 Å². The third-order valence-corrected chi connectivity index (χ3v) is 2.50. The third-order valence-electron chi connectivity index (χ3n) is 2.50. The van der Waals surface area contributed by atoms with Crippen LogP contribution in [0, 0.1) is 6.92 Å². The molecule has 3 heteroatoms. The Morgan fingerprint density at radius 2 is 2.00 bits per heavy atom. The predicted molar refractivity (Wildman–Crippen MR) is 65.7 cm³/mol. The second-order valence-electron chi connectivity index (χ2n) is 4.29. The predicted octanol–water partition coefficient (Wildman–Crippen LogP) is 2.07. The fourth-order valence-corrected chi connectivity index (χ4v) is 1.66. The van der Waals surface area contributed by atoms with Gasteiger partial charge in [0.2, 0.25) is 0 Å². The number of aromatic nitrogens is 2. The van der Waals surface area contributed by atoms with Crippen molar-refractivity contribution in [2.24, 2.45) is 5.73 Å². The summed E-state index contributed by atoms with van der Waals surface area (Å²) in [6.07, 6.45) is 4.69. The lowest BCUT2D eigenvalue weighted by atomic mass is 10.2. The maximum atomic E-state index is 5.74. The number of nitrogens with zero attached hydrogens (tertiary/aromatic N) is 2. The molecule has 2 aromatic rings. The summed E-state index contributed by atoms with van der Waals surface area (Å²) < 4.78 is 2.02. The molecule has 2 N–H and O–H groups in total. The van der Waals surface area contributed by atoms with Crippen LogP contribution in [-0.4, -0.2) is 15.6 Å². The Morgan fingerprint density at radius 1 is 1.31 bits per heavy atom. The molecule has 0 aliphatic carbocycles. The minimum absolute atomic E-state index is 0.154. The molecule has 0 fully saturated rings. The Kier molecular flexibility index (Phi) is 3.06. The van der Waals surface area contributed by atoms with Crippen molar-refractivity contribution in [1.82, 2.24) is 9.55 Å². The molecule has 0 aliphatic rings. The van der Waals surface area contributed by atoms with Crippen LogP contribution in [0.15, 0.2) is 36.8 Å². The maximum Gasteiger partial charge on any atom is 0.0995 e. The first-order valence-electron chi connectivity index (χ1n) is 5.50. The van der Waals surface area contributed by atoms with Crippen LogP contribution in [0.1, 0.15) is 18.2 Å². The van der Waals surface area contributed by atoms with Crippen LogP contribution in [0.4, 0.5) is 0 Å². The van der Waals surface area contributed by atoms with E-state index < -0.39 is 0 Å². The van der Waals surface area contributed by atoms with Crippen LogP contribution in [0.25, 0.3) is 5.69 Å². The second-order valence-corrected chi connectivity index (χ2v) is 4.29. The highest BCUT2D eigenvalue weighted by molar-refractivity contribution is 5.34. The molecule has 0 bridgehead atoms. The normalized spacial score (nSPS) is 12.7. The highest BCUT2D eigenvalue weighted by Gasteiger charge is 2.03.